The number of ether oxygens (including phenoxy) is 2. The summed E-state index contributed by atoms with van der Waals surface area (Å²) in [5, 5.41) is 4.34. The van der Waals surface area contributed by atoms with Crippen LogP contribution in [0.2, 0.25) is 0 Å². The molecule has 3 aliphatic heterocycles. The number of rotatable bonds is 4. The number of piperidine rings is 1. The van der Waals surface area contributed by atoms with Crippen LogP contribution in [0, 0.1) is 6.92 Å². The van der Waals surface area contributed by atoms with Crippen LogP contribution in [0.25, 0.3) is 0 Å². The summed E-state index contributed by atoms with van der Waals surface area (Å²) in [5.74, 6) is 1.80. The Hall–Kier alpha value is -2.58. The maximum Gasteiger partial charge on any atom is 0.272 e. The fraction of sp³-hybridized carbons (Fsp3) is 0.565. The molecule has 0 aliphatic carbocycles. The van der Waals surface area contributed by atoms with Gasteiger partial charge in [-0.05, 0) is 43.5 Å². The lowest BCUT2D eigenvalue weighted by Crippen LogP contribution is -2.55. The minimum atomic E-state index is 0.106. The number of hydrogen-bond acceptors (Lipinski definition) is 6. The molecule has 2 fully saturated rings. The van der Waals surface area contributed by atoms with Gasteiger partial charge in [0.25, 0.3) is 5.91 Å². The molecule has 0 bridgehead atoms. The third kappa shape index (κ3) is 4.27. The predicted molar refractivity (Wildman–Crippen MR) is 116 cm³/mol. The molecule has 1 amide bonds. The Morgan fingerprint density at radius 3 is 2.68 bits per heavy atom. The standard InChI is InChI=1S/C23H31N5O3/c1-17-12-20(25(2)24-17)23(29)28-7-3-4-19(15-28)27-10-8-26(9-11-27)14-18-5-6-21-22(13-18)31-16-30-21/h5-6,12-13,19H,3-4,7-11,14-16H2,1-2H3/t19-/m0/s1. The van der Waals surface area contributed by atoms with Gasteiger partial charge in [-0.1, -0.05) is 6.07 Å². The van der Waals surface area contributed by atoms with Gasteiger partial charge >= 0.3 is 0 Å². The second-order valence-corrected chi connectivity index (χ2v) is 8.84. The van der Waals surface area contributed by atoms with E-state index in [1.165, 1.54) is 5.56 Å². The van der Waals surface area contributed by atoms with Crippen LogP contribution in [0.5, 0.6) is 11.5 Å². The van der Waals surface area contributed by atoms with Gasteiger partial charge in [-0.15, -0.1) is 0 Å². The first kappa shape index (κ1) is 20.3. The molecule has 31 heavy (non-hydrogen) atoms. The molecule has 0 saturated carbocycles. The van der Waals surface area contributed by atoms with Crippen LogP contribution >= 0.6 is 0 Å². The third-order valence-electron chi connectivity index (χ3n) is 6.67. The predicted octanol–water partition coefficient (Wildman–Crippen LogP) is 1.88. The number of fused-ring (bicyclic) bond motifs is 1. The first-order valence-corrected chi connectivity index (χ1v) is 11.2. The van der Waals surface area contributed by atoms with Gasteiger partial charge in [0, 0.05) is 58.9 Å². The van der Waals surface area contributed by atoms with E-state index in [-0.39, 0.29) is 5.91 Å². The summed E-state index contributed by atoms with van der Waals surface area (Å²) in [6, 6.07) is 8.57. The summed E-state index contributed by atoms with van der Waals surface area (Å²) in [4.78, 5) is 20.1. The number of hydrogen-bond donors (Lipinski definition) is 0. The van der Waals surface area contributed by atoms with Gasteiger partial charge in [-0.2, -0.15) is 5.10 Å². The molecular weight excluding hydrogens is 394 g/mol. The van der Waals surface area contributed by atoms with Crippen LogP contribution in [0.4, 0.5) is 0 Å². The van der Waals surface area contributed by atoms with Gasteiger partial charge in [0.2, 0.25) is 6.79 Å². The molecule has 166 valence electrons. The minimum Gasteiger partial charge on any atom is -0.454 e. The van der Waals surface area contributed by atoms with Crippen molar-refractivity contribution in [1.29, 1.82) is 0 Å². The Morgan fingerprint density at radius 1 is 1.10 bits per heavy atom. The van der Waals surface area contributed by atoms with E-state index in [2.05, 4.69) is 27.0 Å². The topological polar surface area (TPSA) is 63.1 Å². The summed E-state index contributed by atoms with van der Waals surface area (Å²) in [6.07, 6.45) is 2.22. The third-order valence-corrected chi connectivity index (χ3v) is 6.67. The van der Waals surface area contributed by atoms with E-state index < -0.39 is 0 Å². The number of benzene rings is 1. The van der Waals surface area contributed by atoms with Crippen LogP contribution < -0.4 is 9.47 Å². The normalized spacial score (nSPS) is 22.1. The number of nitrogens with zero attached hydrogens (tertiary/aromatic N) is 5. The van der Waals surface area contributed by atoms with Crippen LogP contribution in [0.1, 0.15) is 34.6 Å². The molecule has 0 unspecified atom stereocenters. The van der Waals surface area contributed by atoms with Gasteiger partial charge in [-0.25, -0.2) is 0 Å². The lowest BCUT2D eigenvalue weighted by molar-refractivity contribution is 0.0401. The molecule has 0 spiro atoms. The Morgan fingerprint density at radius 2 is 1.90 bits per heavy atom. The van der Waals surface area contributed by atoms with Gasteiger partial charge in [-0.3, -0.25) is 19.3 Å². The van der Waals surface area contributed by atoms with Gasteiger partial charge < -0.3 is 14.4 Å². The number of amides is 1. The van der Waals surface area contributed by atoms with E-state index >= 15 is 0 Å². The molecule has 2 saturated heterocycles. The highest BCUT2D eigenvalue weighted by Crippen LogP contribution is 2.33. The second-order valence-electron chi connectivity index (χ2n) is 8.84. The highest BCUT2D eigenvalue weighted by molar-refractivity contribution is 5.92. The Labute approximate surface area is 183 Å². The van der Waals surface area contributed by atoms with E-state index in [0.29, 0.717) is 18.5 Å². The molecule has 2 aromatic rings. The molecule has 8 nitrogen and oxygen atoms in total. The maximum absolute atomic E-state index is 13.0. The average Bonchev–Trinajstić information content (AvgIpc) is 3.39. The van der Waals surface area contributed by atoms with Crippen molar-refractivity contribution in [2.45, 2.75) is 32.4 Å². The van der Waals surface area contributed by atoms with E-state index in [4.69, 9.17) is 9.47 Å². The van der Waals surface area contributed by atoms with Crippen LogP contribution in [-0.2, 0) is 13.6 Å². The Balaban J connectivity index is 1.15. The Kier molecular flexibility index (Phi) is 5.58. The molecule has 4 heterocycles. The van der Waals surface area contributed by atoms with E-state index in [1.807, 2.05) is 31.0 Å². The van der Waals surface area contributed by atoms with Crippen molar-refractivity contribution in [2.75, 3.05) is 46.1 Å². The van der Waals surface area contributed by atoms with Crippen LogP contribution in [0.15, 0.2) is 24.3 Å². The number of carbonyl (C=O) groups excluding carboxylic acids is 1. The van der Waals surface area contributed by atoms with Crippen molar-refractivity contribution in [1.82, 2.24) is 24.5 Å². The quantitative estimate of drug-likeness (QED) is 0.746. The van der Waals surface area contributed by atoms with Gasteiger partial charge in [0.1, 0.15) is 5.69 Å². The van der Waals surface area contributed by atoms with E-state index in [9.17, 15) is 4.79 Å². The molecule has 1 aromatic carbocycles. The zero-order valence-corrected chi connectivity index (χ0v) is 18.4. The van der Waals surface area contributed by atoms with Crippen molar-refractivity contribution in [3.05, 3.63) is 41.2 Å². The molecule has 0 radical (unpaired) electrons. The zero-order valence-electron chi connectivity index (χ0n) is 18.4. The lowest BCUT2D eigenvalue weighted by atomic mass is 10.0. The van der Waals surface area contributed by atoms with Crippen molar-refractivity contribution in [3.8, 4) is 11.5 Å². The average molecular weight is 426 g/mol. The molecule has 8 heteroatoms. The SMILES string of the molecule is Cc1cc(C(=O)N2CCC[C@H](N3CCN(Cc4ccc5c(c4)OCO5)CC3)C2)n(C)n1. The van der Waals surface area contributed by atoms with Crippen molar-refractivity contribution < 1.29 is 14.3 Å². The highest BCUT2D eigenvalue weighted by atomic mass is 16.7. The first-order chi connectivity index (χ1) is 15.1. The molecular formula is C23H31N5O3. The van der Waals surface area contributed by atoms with Crippen molar-refractivity contribution >= 4 is 5.91 Å². The maximum atomic E-state index is 13.0. The Bertz CT molecular complexity index is 951. The van der Waals surface area contributed by atoms with E-state index in [0.717, 1.165) is 75.8 Å². The fourth-order valence-corrected chi connectivity index (χ4v) is 4.99. The number of aromatic nitrogens is 2. The second kappa shape index (κ2) is 8.51. The largest absolute Gasteiger partial charge is 0.454 e. The zero-order chi connectivity index (χ0) is 21.4. The molecule has 1 aromatic heterocycles. The summed E-state index contributed by atoms with van der Waals surface area (Å²) in [7, 11) is 1.85. The van der Waals surface area contributed by atoms with Gasteiger partial charge in [0.15, 0.2) is 11.5 Å². The monoisotopic (exact) mass is 425 g/mol. The molecule has 3 aliphatic rings. The van der Waals surface area contributed by atoms with Crippen LogP contribution in [0.3, 0.4) is 0 Å². The highest BCUT2D eigenvalue weighted by Gasteiger charge is 2.31. The number of carbonyl (C=O) groups is 1. The molecule has 0 N–H and O–H groups in total. The first-order valence-electron chi connectivity index (χ1n) is 11.2. The number of likely N-dealkylation sites (tertiary alicyclic amines) is 1. The number of aryl methyl sites for hydroxylation is 2. The fourth-order valence-electron chi connectivity index (χ4n) is 4.99. The van der Waals surface area contributed by atoms with Crippen LogP contribution in [-0.4, -0.2) is 82.5 Å². The summed E-state index contributed by atoms with van der Waals surface area (Å²) >= 11 is 0. The summed E-state index contributed by atoms with van der Waals surface area (Å²) in [6.45, 7) is 9.00. The summed E-state index contributed by atoms with van der Waals surface area (Å²) in [5.41, 5.74) is 2.84. The molecule has 1 atom stereocenters. The van der Waals surface area contributed by atoms with Gasteiger partial charge in [0.05, 0.1) is 5.69 Å². The summed E-state index contributed by atoms with van der Waals surface area (Å²) < 4.78 is 12.6. The van der Waals surface area contributed by atoms with Crippen molar-refractivity contribution in [3.63, 3.8) is 0 Å². The van der Waals surface area contributed by atoms with E-state index in [1.54, 1.807) is 4.68 Å². The lowest BCUT2D eigenvalue weighted by Gasteiger charge is -2.43. The van der Waals surface area contributed by atoms with Crippen molar-refractivity contribution in [2.24, 2.45) is 7.05 Å². The molecule has 5 rings (SSSR count). The smallest absolute Gasteiger partial charge is 0.272 e. The number of piperazine rings is 1. The minimum absolute atomic E-state index is 0.106.